The van der Waals surface area contributed by atoms with Gasteiger partial charge in [0.25, 0.3) is 0 Å². The summed E-state index contributed by atoms with van der Waals surface area (Å²) >= 11 is 0. The van der Waals surface area contributed by atoms with Crippen LogP contribution >= 0.6 is 0 Å². The molecule has 2 aromatic heterocycles. The number of carboxylic acids is 3. The van der Waals surface area contributed by atoms with Crippen LogP contribution in [0.3, 0.4) is 0 Å². The lowest BCUT2D eigenvalue weighted by molar-refractivity contribution is -0.170. The fourth-order valence-corrected chi connectivity index (χ4v) is 4.37. The van der Waals surface area contributed by atoms with Crippen LogP contribution in [-0.2, 0) is 34.0 Å². The number of para-hydroxylation sites is 1. The number of benzene rings is 2. The smallest absolute Gasteiger partial charge is 0.336 e. The predicted octanol–water partition coefficient (Wildman–Crippen LogP) is 3.80. The zero-order chi connectivity index (χ0) is 31.4. The Morgan fingerprint density at radius 3 is 2.21 bits per heavy atom. The molecule has 43 heavy (non-hydrogen) atoms. The Hall–Kier alpha value is -4.88. The molecular formula is C30H32F2N4O7. The fraction of sp³-hybridized carbons (Fsp3) is 0.267. The summed E-state index contributed by atoms with van der Waals surface area (Å²) in [6.07, 6.45) is 6.03. The minimum atomic E-state index is -2.74. The number of aliphatic hydroxyl groups is 1. The number of imidazole rings is 1. The van der Waals surface area contributed by atoms with Crippen molar-refractivity contribution in [2.45, 2.75) is 44.5 Å². The standard InChI is InChI=1S/C24H24F2N4.C6H8O7/c25-21-7-3-6-20(16-21)17-29(13-5-12-28-15-11-27-19-28)18-22-8-4-14-30(22)24-10-2-1-9-23(24)26;7-3(8)1-6(13,5(11)12)2-4(9)10/h1-4,6-11,14-16,19H,5,12-13,17-18H2;13H,1-2H2,(H,7,8)(H,9,10)(H,11,12). The van der Waals surface area contributed by atoms with Gasteiger partial charge in [-0.25, -0.2) is 18.6 Å². The summed E-state index contributed by atoms with van der Waals surface area (Å²) in [4.78, 5) is 36.8. The SMILES string of the molecule is Fc1cccc(CN(CCCn2ccnc2)Cc2cccn2-c2ccccc2F)c1.O=C(O)CC(O)(CC(=O)O)C(=O)O. The minimum Gasteiger partial charge on any atom is -0.481 e. The number of aromatic nitrogens is 3. The van der Waals surface area contributed by atoms with E-state index in [1.165, 1.54) is 12.1 Å². The Bertz CT molecular complexity index is 1490. The molecule has 2 heterocycles. The molecule has 2 aromatic carbocycles. The van der Waals surface area contributed by atoms with Gasteiger partial charge in [0.1, 0.15) is 11.6 Å². The Labute approximate surface area is 245 Å². The van der Waals surface area contributed by atoms with Crippen LogP contribution in [0, 0.1) is 11.6 Å². The number of aliphatic carboxylic acids is 3. The number of nitrogens with zero attached hydrogens (tertiary/aromatic N) is 4. The molecule has 0 aliphatic heterocycles. The topological polar surface area (TPSA) is 158 Å². The van der Waals surface area contributed by atoms with E-state index in [4.69, 9.17) is 20.4 Å². The second kappa shape index (κ2) is 15.4. The normalized spacial score (nSPS) is 11.2. The number of carboxylic acid groups (broad SMARTS) is 3. The highest BCUT2D eigenvalue weighted by Gasteiger charge is 2.40. The molecule has 0 fully saturated rings. The van der Waals surface area contributed by atoms with E-state index in [1.807, 2.05) is 45.8 Å². The Kier molecular flexibility index (Phi) is 11.7. The molecule has 4 aromatic rings. The molecule has 0 amide bonds. The zero-order valence-corrected chi connectivity index (χ0v) is 23.1. The monoisotopic (exact) mass is 598 g/mol. The summed E-state index contributed by atoms with van der Waals surface area (Å²) in [6, 6.07) is 17.4. The van der Waals surface area contributed by atoms with Crippen molar-refractivity contribution in [3.8, 4) is 5.69 Å². The lowest BCUT2D eigenvalue weighted by atomic mass is 9.96. The molecule has 0 aliphatic rings. The van der Waals surface area contributed by atoms with Crippen molar-refractivity contribution in [2.24, 2.45) is 0 Å². The van der Waals surface area contributed by atoms with E-state index in [9.17, 15) is 23.2 Å². The second-order valence-electron chi connectivity index (χ2n) is 9.79. The Morgan fingerprint density at radius 1 is 0.884 bits per heavy atom. The number of carbonyl (C=O) groups is 3. The molecule has 0 unspecified atom stereocenters. The first-order chi connectivity index (χ1) is 20.5. The summed E-state index contributed by atoms with van der Waals surface area (Å²) in [5.74, 6) is -5.51. The van der Waals surface area contributed by atoms with Crippen LogP contribution in [0.25, 0.3) is 5.69 Å². The first-order valence-corrected chi connectivity index (χ1v) is 13.2. The van der Waals surface area contributed by atoms with Crippen molar-refractivity contribution < 1.29 is 43.6 Å². The van der Waals surface area contributed by atoms with Gasteiger partial charge in [0.05, 0.1) is 24.9 Å². The molecular weight excluding hydrogens is 566 g/mol. The van der Waals surface area contributed by atoms with Gasteiger partial charge in [0.15, 0.2) is 5.60 Å². The third kappa shape index (κ3) is 10.2. The van der Waals surface area contributed by atoms with Crippen LogP contribution in [0.1, 0.15) is 30.5 Å². The molecule has 0 radical (unpaired) electrons. The molecule has 4 rings (SSSR count). The number of hydrogen-bond donors (Lipinski definition) is 4. The number of aryl methyl sites for hydroxylation is 1. The minimum absolute atomic E-state index is 0.236. The van der Waals surface area contributed by atoms with Crippen LogP contribution in [0.5, 0.6) is 0 Å². The summed E-state index contributed by atoms with van der Waals surface area (Å²) in [7, 11) is 0. The van der Waals surface area contributed by atoms with E-state index in [0.717, 1.165) is 30.8 Å². The zero-order valence-electron chi connectivity index (χ0n) is 23.1. The van der Waals surface area contributed by atoms with Crippen LogP contribution in [-0.4, -0.2) is 69.5 Å². The fourth-order valence-electron chi connectivity index (χ4n) is 4.37. The highest BCUT2D eigenvalue weighted by atomic mass is 19.1. The molecule has 13 heteroatoms. The van der Waals surface area contributed by atoms with Crippen LogP contribution in [0.15, 0.2) is 85.6 Å². The van der Waals surface area contributed by atoms with Crippen molar-refractivity contribution in [3.05, 3.63) is 108 Å². The third-order valence-electron chi connectivity index (χ3n) is 6.36. The second-order valence-corrected chi connectivity index (χ2v) is 9.79. The molecule has 0 saturated carbocycles. The molecule has 4 N–H and O–H groups in total. The van der Waals surface area contributed by atoms with Crippen LogP contribution in [0.2, 0.25) is 0 Å². The van der Waals surface area contributed by atoms with Gasteiger partial charge < -0.3 is 29.6 Å². The van der Waals surface area contributed by atoms with Gasteiger partial charge >= 0.3 is 17.9 Å². The average Bonchev–Trinajstić information content (AvgIpc) is 3.61. The Balaban J connectivity index is 0.000000331. The van der Waals surface area contributed by atoms with E-state index in [2.05, 4.69) is 9.88 Å². The summed E-state index contributed by atoms with van der Waals surface area (Å²) in [5, 5.41) is 33.8. The molecule has 11 nitrogen and oxygen atoms in total. The van der Waals surface area contributed by atoms with Gasteiger partial charge in [-0.05, 0) is 48.4 Å². The van der Waals surface area contributed by atoms with Gasteiger partial charge in [-0.1, -0.05) is 24.3 Å². The average molecular weight is 599 g/mol. The number of rotatable bonds is 14. The van der Waals surface area contributed by atoms with Crippen molar-refractivity contribution >= 4 is 17.9 Å². The van der Waals surface area contributed by atoms with E-state index >= 15 is 0 Å². The maximum absolute atomic E-state index is 14.3. The molecule has 0 atom stereocenters. The lowest BCUT2D eigenvalue weighted by Gasteiger charge is -2.24. The largest absolute Gasteiger partial charge is 0.481 e. The summed E-state index contributed by atoms with van der Waals surface area (Å²) in [6.45, 7) is 2.91. The first kappa shape index (κ1) is 32.6. The van der Waals surface area contributed by atoms with Crippen molar-refractivity contribution in [1.29, 1.82) is 0 Å². The third-order valence-corrected chi connectivity index (χ3v) is 6.36. The number of hydrogen-bond acceptors (Lipinski definition) is 6. The van der Waals surface area contributed by atoms with Crippen LogP contribution < -0.4 is 0 Å². The molecule has 228 valence electrons. The first-order valence-electron chi connectivity index (χ1n) is 13.2. The highest BCUT2D eigenvalue weighted by Crippen LogP contribution is 2.19. The molecule has 0 spiro atoms. The maximum Gasteiger partial charge on any atom is 0.336 e. The van der Waals surface area contributed by atoms with Gasteiger partial charge in [-0.3, -0.25) is 14.5 Å². The molecule has 0 bridgehead atoms. The van der Waals surface area contributed by atoms with E-state index in [1.54, 1.807) is 36.8 Å². The van der Waals surface area contributed by atoms with Gasteiger partial charge in [-0.2, -0.15) is 0 Å². The Morgan fingerprint density at radius 2 is 1.60 bits per heavy atom. The van der Waals surface area contributed by atoms with E-state index in [-0.39, 0.29) is 11.6 Å². The quantitative estimate of drug-likeness (QED) is 0.169. The van der Waals surface area contributed by atoms with Crippen molar-refractivity contribution in [3.63, 3.8) is 0 Å². The van der Waals surface area contributed by atoms with Gasteiger partial charge in [0, 0.05) is 50.5 Å². The summed E-state index contributed by atoms with van der Waals surface area (Å²) < 4.78 is 31.9. The highest BCUT2D eigenvalue weighted by molar-refractivity contribution is 5.88. The predicted molar refractivity (Wildman–Crippen MR) is 150 cm³/mol. The molecule has 0 aliphatic carbocycles. The van der Waals surface area contributed by atoms with Gasteiger partial charge in [0.2, 0.25) is 0 Å². The molecule has 0 saturated heterocycles. The maximum atomic E-state index is 14.3. The lowest BCUT2D eigenvalue weighted by Crippen LogP contribution is -2.42. The van der Waals surface area contributed by atoms with E-state index < -0.39 is 36.4 Å². The van der Waals surface area contributed by atoms with Crippen molar-refractivity contribution in [2.75, 3.05) is 6.54 Å². The summed E-state index contributed by atoms with van der Waals surface area (Å²) in [5.41, 5.74) is -0.306. The van der Waals surface area contributed by atoms with Gasteiger partial charge in [-0.15, -0.1) is 0 Å². The van der Waals surface area contributed by atoms with E-state index in [0.29, 0.717) is 18.8 Å². The number of halogens is 2. The van der Waals surface area contributed by atoms with Crippen LogP contribution in [0.4, 0.5) is 8.78 Å². The van der Waals surface area contributed by atoms with Crippen molar-refractivity contribution in [1.82, 2.24) is 19.0 Å².